The van der Waals surface area contributed by atoms with Crippen molar-refractivity contribution >= 4 is 23.2 Å². The van der Waals surface area contributed by atoms with E-state index in [1.165, 1.54) is 0 Å². The SMILES string of the molecule is Cc1nn(-c2ccccc2)c(C)c1NC(C)C(=O)Nc1ccc(C(N)=O)cc1. The lowest BCUT2D eigenvalue weighted by Gasteiger charge is -2.16. The van der Waals surface area contributed by atoms with Gasteiger partial charge in [-0.1, -0.05) is 18.2 Å². The number of rotatable bonds is 6. The van der Waals surface area contributed by atoms with Crippen molar-refractivity contribution < 1.29 is 9.59 Å². The second kappa shape index (κ2) is 7.96. The van der Waals surface area contributed by atoms with Crippen LogP contribution in [0.2, 0.25) is 0 Å². The standard InChI is InChI=1S/C21H23N5O2/c1-13-19(15(3)26(25-13)18-7-5-4-6-8-18)23-14(2)21(28)24-17-11-9-16(10-12-17)20(22)27/h4-12,14,23H,1-3H3,(H2,22,27)(H,24,28). The zero-order valence-corrected chi connectivity index (χ0v) is 16.1. The highest BCUT2D eigenvalue weighted by molar-refractivity contribution is 5.97. The third-order valence-electron chi connectivity index (χ3n) is 4.48. The maximum atomic E-state index is 12.5. The normalized spacial score (nSPS) is 11.7. The van der Waals surface area contributed by atoms with Gasteiger partial charge in [-0.05, 0) is 57.2 Å². The number of amides is 2. The fraction of sp³-hybridized carbons (Fsp3) is 0.190. The van der Waals surface area contributed by atoms with Crippen LogP contribution in [0.5, 0.6) is 0 Å². The van der Waals surface area contributed by atoms with E-state index in [0.29, 0.717) is 11.3 Å². The fourth-order valence-electron chi connectivity index (χ4n) is 2.92. The minimum atomic E-state index is -0.505. The van der Waals surface area contributed by atoms with Crippen LogP contribution < -0.4 is 16.4 Å². The lowest BCUT2D eigenvalue weighted by molar-refractivity contribution is -0.116. The summed E-state index contributed by atoms with van der Waals surface area (Å²) in [7, 11) is 0. The van der Waals surface area contributed by atoms with Gasteiger partial charge in [-0.25, -0.2) is 4.68 Å². The van der Waals surface area contributed by atoms with Crippen LogP contribution in [0.3, 0.4) is 0 Å². The number of aryl methyl sites for hydroxylation is 1. The Hall–Kier alpha value is -3.61. The highest BCUT2D eigenvalue weighted by atomic mass is 16.2. The van der Waals surface area contributed by atoms with E-state index in [4.69, 9.17) is 5.73 Å². The van der Waals surface area contributed by atoms with Gasteiger partial charge in [0.15, 0.2) is 0 Å². The number of carbonyl (C=O) groups excluding carboxylic acids is 2. The zero-order valence-electron chi connectivity index (χ0n) is 16.1. The molecule has 0 aliphatic rings. The first-order chi connectivity index (χ1) is 13.4. The number of aromatic nitrogens is 2. The molecule has 3 rings (SSSR count). The minimum absolute atomic E-state index is 0.196. The van der Waals surface area contributed by atoms with Crippen LogP contribution in [-0.4, -0.2) is 27.6 Å². The lowest BCUT2D eigenvalue weighted by Crippen LogP contribution is -2.32. The Balaban J connectivity index is 1.72. The molecule has 2 amide bonds. The van der Waals surface area contributed by atoms with E-state index in [1.807, 2.05) is 48.9 Å². The Bertz CT molecular complexity index is 994. The molecule has 0 aliphatic heterocycles. The summed E-state index contributed by atoms with van der Waals surface area (Å²) in [6.07, 6.45) is 0. The molecule has 7 nitrogen and oxygen atoms in total. The maximum absolute atomic E-state index is 12.5. The van der Waals surface area contributed by atoms with Gasteiger partial charge in [0.1, 0.15) is 6.04 Å². The van der Waals surface area contributed by atoms with E-state index in [9.17, 15) is 9.59 Å². The van der Waals surface area contributed by atoms with Crippen molar-refractivity contribution in [3.63, 3.8) is 0 Å². The van der Waals surface area contributed by atoms with Gasteiger partial charge >= 0.3 is 0 Å². The van der Waals surface area contributed by atoms with Crippen LogP contribution >= 0.6 is 0 Å². The first kappa shape index (κ1) is 19.2. The molecule has 0 radical (unpaired) electrons. The van der Waals surface area contributed by atoms with Crippen LogP contribution in [0.1, 0.15) is 28.7 Å². The largest absolute Gasteiger partial charge is 0.371 e. The van der Waals surface area contributed by atoms with Gasteiger partial charge < -0.3 is 16.4 Å². The Labute approximate surface area is 163 Å². The molecule has 28 heavy (non-hydrogen) atoms. The number of hydrogen-bond donors (Lipinski definition) is 3. The summed E-state index contributed by atoms with van der Waals surface area (Å²) in [6, 6.07) is 15.8. The van der Waals surface area contributed by atoms with Crippen LogP contribution in [0.4, 0.5) is 11.4 Å². The molecule has 0 fully saturated rings. The molecule has 7 heteroatoms. The molecule has 2 aromatic carbocycles. The molecule has 144 valence electrons. The molecule has 1 aromatic heterocycles. The summed E-state index contributed by atoms with van der Waals surface area (Å²) in [5, 5.41) is 10.7. The lowest BCUT2D eigenvalue weighted by atomic mass is 10.2. The molecule has 4 N–H and O–H groups in total. The van der Waals surface area contributed by atoms with E-state index < -0.39 is 11.9 Å². The van der Waals surface area contributed by atoms with E-state index in [0.717, 1.165) is 22.8 Å². The number of nitrogens with zero attached hydrogens (tertiary/aromatic N) is 2. The molecule has 1 heterocycles. The quantitative estimate of drug-likeness (QED) is 0.614. The predicted octanol–water partition coefficient (Wildman–Crippen LogP) is 3.03. The first-order valence-corrected chi connectivity index (χ1v) is 8.95. The summed E-state index contributed by atoms with van der Waals surface area (Å²) in [4.78, 5) is 23.7. The Morgan fingerprint density at radius 1 is 1.04 bits per heavy atom. The van der Waals surface area contributed by atoms with Crippen molar-refractivity contribution in [1.82, 2.24) is 9.78 Å². The van der Waals surface area contributed by atoms with Crippen LogP contribution in [0, 0.1) is 13.8 Å². The first-order valence-electron chi connectivity index (χ1n) is 8.95. The van der Waals surface area contributed by atoms with Gasteiger partial charge in [0.25, 0.3) is 0 Å². The number of anilines is 2. The number of benzene rings is 2. The summed E-state index contributed by atoms with van der Waals surface area (Å²) in [5.41, 5.74) is 9.74. The molecule has 1 atom stereocenters. The average Bonchev–Trinajstić information content (AvgIpc) is 2.97. The van der Waals surface area contributed by atoms with Crippen molar-refractivity contribution in [2.45, 2.75) is 26.8 Å². The molecule has 0 spiro atoms. The summed E-state index contributed by atoms with van der Waals surface area (Å²) in [5.74, 6) is -0.702. The van der Waals surface area contributed by atoms with Gasteiger partial charge in [0.2, 0.25) is 11.8 Å². The molecule has 0 bridgehead atoms. The van der Waals surface area contributed by atoms with E-state index in [1.54, 1.807) is 31.2 Å². The predicted molar refractivity (Wildman–Crippen MR) is 110 cm³/mol. The molecule has 3 aromatic rings. The highest BCUT2D eigenvalue weighted by Crippen LogP contribution is 2.23. The van der Waals surface area contributed by atoms with Crippen molar-refractivity contribution in [3.8, 4) is 5.69 Å². The van der Waals surface area contributed by atoms with Gasteiger partial charge in [-0.3, -0.25) is 9.59 Å². The van der Waals surface area contributed by atoms with E-state index >= 15 is 0 Å². The molecular weight excluding hydrogens is 354 g/mol. The molecule has 0 saturated heterocycles. The number of carbonyl (C=O) groups is 2. The number of primary amides is 1. The molecule has 1 unspecified atom stereocenters. The van der Waals surface area contributed by atoms with Gasteiger partial charge in [-0.15, -0.1) is 0 Å². The van der Waals surface area contributed by atoms with Gasteiger partial charge in [-0.2, -0.15) is 5.10 Å². The van der Waals surface area contributed by atoms with Crippen molar-refractivity contribution in [1.29, 1.82) is 0 Å². The van der Waals surface area contributed by atoms with Crippen molar-refractivity contribution in [2.24, 2.45) is 5.73 Å². The number of hydrogen-bond acceptors (Lipinski definition) is 4. The second-order valence-corrected chi connectivity index (χ2v) is 6.59. The number of nitrogens with one attached hydrogen (secondary N) is 2. The van der Waals surface area contributed by atoms with Gasteiger partial charge in [0, 0.05) is 11.3 Å². The highest BCUT2D eigenvalue weighted by Gasteiger charge is 2.19. The van der Waals surface area contributed by atoms with E-state index in [-0.39, 0.29) is 5.91 Å². The minimum Gasteiger partial charge on any atom is -0.371 e. The smallest absolute Gasteiger partial charge is 0.248 e. The summed E-state index contributed by atoms with van der Waals surface area (Å²) >= 11 is 0. The Morgan fingerprint density at radius 2 is 1.68 bits per heavy atom. The fourth-order valence-corrected chi connectivity index (χ4v) is 2.92. The van der Waals surface area contributed by atoms with E-state index in [2.05, 4.69) is 15.7 Å². The topological polar surface area (TPSA) is 102 Å². The summed E-state index contributed by atoms with van der Waals surface area (Å²) in [6.45, 7) is 5.65. The van der Waals surface area contributed by atoms with Crippen LogP contribution in [0.15, 0.2) is 54.6 Å². The van der Waals surface area contributed by atoms with Crippen LogP contribution in [-0.2, 0) is 4.79 Å². The maximum Gasteiger partial charge on any atom is 0.248 e. The van der Waals surface area contributed by atoms with Crippen molar-refractivity contribution in [2.75, 3.05) is 10.6 Å². The third kappa shape index (κ3) is 4.03. The average molecular weight is 377 g/mol. The zero-order chi connectivity index (χ0) is 20.3. The third-order valence-corrected chi connectivity index (χ3v) is 4.48. The number of para-hydroxylation sites is 1. The van der Waals surface area contributed by atoms with Crippen molar-refractivity contribution in [3.05, 3.63) is 71.5 Å². The number of nitrogens with two attached hydrogens (primary N) is 1. The summed E-state index contributed by atoms with van der Waals surface area (Å²) < 4.78 is 1.85. The monoisotopic (exact) mass is 377 g/mol. The molecule has 0 saturated carbocycles. The molecular formula is C21H23N5O2. The Morgan fingerprint density at radius 3 is 2.29 bits per heavy atom. The Kier molecular flexibility index (Phi) is 5.44. The van der Waals surface area contributed by atoms with Gasteiger partial charge in [0.05, 0.1) is 22.8 Å². The second-order valence-electron chi connectivity index (χ2n) is 6.59. The van der Waals surface area contributed by atoms with Crippen LogP contribution in [0.25, 0.3) is 5.69 Å². The molecule has 0 aliphatic carbocycles.